The van der Waals surface area contributed by atoms with Gasteiger partial charge in [-0.3, -0.25) is 24.7 Å². The Bertz CT molecular complexity index is 1180. The first-order chi connectivity index (χ1) is 17.5. The molecule has 8 heteroatoms. The molecule has 4 aliphatic heterocycles. The van der Waals surface area contributed by atoms with Gasteiger partial charge < -0.3 is 4.90 Å². The number of halogens is 1. The number of imide groups is 1. The second-order valence-corrected chi connectivity index (χ2v) is 11.1. The molecule has 0 saturated carbocycles. The summed E-state index contributed by atoms with van der Waals surface area (Å²) in [5.41, 5.74) is 6.03. The molecule has 0 radical (unpaired) electrons. The Morgan fingerprint density at radius 3 is 2.61 bits per heavy atom. The highest BCUT2D eigenvalue weighted by atomic mass is 32.1. The zero-order valence-corrected chi connectivity index (χ0v) is 21.4. The molecule has 2 fully saturated rings. The Kier molecular flexibility index (Phi) is 6.52. The Hall–Kier alpha value is -2.42. The Morgan fingerprint density at radius 1 is 0.972 bits per heavy atom. The van der Waals surface area contributed by atoms with Crippen LogP contribution >= 0.6 is 12.6 Å². The lowest BCUT2D eigenvalue weighted by molar-refractivity contribution is -0.137. The minimum Gasteiger partial charge on any atom is -0.368 e. The molecule has 0 bridgehead atoms. The molecule has 4 heterocycles. The number of carbonyl (C=O) groups excluding carboxylic acids is 2. The maximum Gasteiger partial charge on any atom is 0.243 e. The maximum atomic E-state index is 13.7. The summed E-state index contributed by atoms with van der Waals surface area (Å²) >= 11 is 4.87. The van der Waals surface area contributed by atoms with E-state index in [2.05, 4.69) is 38.2 Å². The molecule has 6 nitrogen and oxygen atoms in total. The van der Waals surface area contributed by atoms with Crippen LogP contribution < -0.4 is 10.2 Å². The Labute approximate surface area is 217 Å². The lowest BCUT2D eigenvalue weighted by Gasteiger charge is -2.42. The molecule has 2 unspecified atom stereocenters. The van der Waals surface area contributed by atoms with Crippen LogP contribution in [0.4, 0.5) is 10.1 Å². The number of benzene rings is 2. The Morgan fingerprint density at radius 2 is 1.81 bits per heavy atom. The van der Waals surface area contributed by atoms with E-state index in [0.717, 1.165) is 57.4 Å². The molecule has 4 aliphatic rings. The third-order valence-corrected chi connectivity index (χ3v) is 8.94. The maximum absolute atomic E-state index is 13.7. The summed E-state index contributed by atoms with van der Waals surface area (Å²) in [6, 6.07) is 12.1. The van der Waals surface area contributed by atoms with Gasteiger partial charge >= 0.3 is 0 Å². The first-order valence-electron chi connectivity index (χ1n) is 13.1. The molecule has 2 aromatic carbocycles. The standard InChI is InChI=1S/C28H33FN4O2S/c29-21-5-6-24-19(15-21)2-1-11-32(24)22-9-12-31(13-10-22)16-18-3-4-20-17-33(28(36)23(20)14-18)25-7-8-26(34)30-27(25)35/h3-6,14-15,22,25,28,36H,1-2,7-13,16-17H2,(H,30,34,35). The highest BCUT2D eigenvalue weighted by molar-refractivity contribution is 7.80. The van der Waals surface area contributed by atoms with E-state index < -0.39 is 0 Å². The van der Waals surface area contributed by atoms with Gasteiger partial charge in [0.2, 0.25) is 11.8 Å². The summed E-state index contributed by atoms with van der Waals surface area (Å²) in [5, 5.41) is 2.33. The van der Waals surface area contributed by atoms with E-state index in [-0.39, 0.29) is 29.0 Å². The van der Waals surface area contributed by atoms with Gasteiger partial charge in [0.05, 0.1) is 11.4 Å². The number of thiol groups is 1. The number of hydrogen-bond donors (Lipinski definition) is 2. The first-order valence-corrected chi connectivity index (χ1v) is 13.6. The molecular weight excluding hydrogens is 475 g/mol. The average Bonchev–Trinajstić information content (AvgIpc) is 3.19. The van der Waals surface area contributed by atoms with Gasteiger partial charge in [-0.05, 0) is 72.6 Å². The number of nitrogens with zero attached hydrogens (tertiary/aromatic N) is 3. The van der Waals surface area contributed by atoms with E-state index >= 15 is 0 Å². The second kappa shape index (κ2) is 9.80. The molecule has 1 N–H and O–H groups in total. The smallest absolute Gasteiger partial charge is 0.243 e. The number of hydrogen-bond acceptors (Lipinski definition) is 6. The summed E-state index contributed by atoms with van der Waals surface area (Å²) in [5.74, 6) is -0.528. The molecule has 0 aromatic heterocycles. The molecule has 0 aliphatic carbocycles. The number of anilines is 1. The largest absolute Gasteiger partial charge is 0.368 e. The minimum atomic E-state index is -0.309. The molecule has 6 rings (SSSR count). The molecule has 2 amide bonds. The molecule has 190 valence electrons. The third kappa shape index (κ3) is 4.55. The van der Waals surface area contributed by atoms with Crippen molar-refractivity contribution < 1.29 is 14.0 Å². The van der Waals surface area contributed by atoms with Crippen molar-refractivity contribution >= 4 is 30.1 Å². The molecule has 2 saturated heterocycles. The summed E-state index contributed by atoms with van der Waals surface area (Å²) in [4.78, 5) is 31.1. The van der Waals surface area contributed by atoms with Gasteiger partial charge in [0.1, 0.15) is 5.82 Å². The Balaban J connectivity index is 1.08. The van der Waals surface area contributed by atoms with Gasteiger partial charge in [0.25, 0.3) is 0 Å². The van der Waals surface area contributed by atoms with Crippen LogP contribution in [0.1, 0.15) is 59.7 Å². The lowest BCUT2D eigenvalue weighted by Crippen LogP contribution is -2.51. The fourth-order valence-corrected chi connectivity index (χ4v) is 6.97. The van der Waals surface area contributed by atoms with E-state index in [9.17, 15) is 14.0 Å². The summed E-state index contributed by atoms with van der Waals surface area (Å²) in [7, 11) is 0. The topological polar surface area (TPSA) is 55.9 Å². The second-order valence-electron chi connectivity index (χ2n) is 10.6. The van der Waals surface area contributed by atoms with Crippen LogP contribution in [-0.2, 0) is 29.1 Å². The lowest BCUT2D eigenvalue weighted by atomic mass is 9.95. The number of fused-ring (bicyclic) bond motifs is 2. The quantitative estimate of drug-likeness (QED) is 0.486. The predicted molar refractivity (Wildman–Crippen MR) is 140 cm³/mol. The fourth-order valence-electron chi connectivity index (χ4n) is 6.49. The SMILES string of the molecule is O=C1CCC(N2Cc3ccc(CN4CCC(N5CCCc6cc(F)ccc65)CC4)cc3C2S)C(=O)N1. The number of likely N-dealkylation sites (tertiary alicyclic amines) is 1. The van der Waals surface area contributed by atoms with Gasteiger partial charge in [0, 0.05) is 50.9 Å². The number of rotatable bonds is 4. The number of aryl methyl sites for hydroxylation is 1. The van der Waals surface area contributed by atoms with E-state index in [1.165, 1.54) is 22.4 Å². The van der Waals surface area contributed by atoms with Crippen LogP contribution in [0.2, 0.25) is 0 Å². The van der Waals surface area contributed by atoms with Crippen molar-refractivity contribution in [3.63, 3.8) is 0 Å². The van der Waals surface area contributed by atoms with Crippen molar-refractivity contribution in [1.82, 2.24) is 15.1 Å². The molecular formula is C28H33FN4O2S. The summed E-state index contributed by atoms with van der Waals surface area (Å²) < 4.78 is 13.7. The zero-order valence-electron chi connectivity index (χ0n) is 20.5. The number of carbonyl (C=O) groups is 2. The van der Waals surface area contributed by atoms with E-state index in [0.29, 0.717) is 25.4 Å². The number of nitrogens with one attached hydrogen (secondary N) is 1. The highest BCUT2D eigenvalue weighted by Gasteiger charge is 2.39. The van der Waals surface area contributed by atoms with E-state index in [1.54, 1.807) is 12.1 Å². The van der Waals surface area contributed by atoms with Gasteiger partial charge in [-0.15, -0.1) is 0 Å². The van der Waals surface area contributed by atoms with Gasteiger partial charge in [-0.1, -0.05) is 18.2 Å². The first kappa shape index (κ1) is 23.9. The molecule has 2 atom stereocenters. The van der Waals surface area contributed by atoms with Crippen molar-refractivity contribution in [2.24, 2.45) is 0 Å². The van der Waals surface area contributed by atoms with Gasteiger partial charge in [0.15, 0.2) is 0 Å². The van der Waals surface area contributed by atoms with Crippen LogP contribution in [0.25, 0.3) is 0 Å². The van der Waals surface area contributed by atoms with Crippen LogP contribution in [0, 0.1) is 5.82 Å². The van der Waals surface area contributed by atoms with Gasteiger partial charge in [-0.25, -0.2) is 4.39 Å². The van der Waals surface area contributed by atoms with Crippen LogP contribution in [-0.4, -0.2) is 53.3 Å². The van der Waals surface area contributed by atoms with Gasteiger partial charge in [-0.2, -0.15) is 12.6 Å². The third-order valence-electron chi connectivity index (χ3n) is 8.37. The fraction of sp³-hybridized carbons (Fsp3) is 0.500. The van der Waals surface area contributed by atoms with Crippen molar-refractivity contribution in [1.29, 1.82) is 0 Å². The van der Waals surface area contributed by atoms with Crippen molar-refractivity contribution in [2.45, 2.75) is 69.1 Å². The molecule has 2 aromatic rings. The number of amides is 2. The average molecular weight is 509 g/mol. The van der Waals surface area contributed by atoms with Crippen LogP contribution in [0.5, 0.6) is 0 Å². The van der Waals surface area contributed by atoms with Crippen molar-refractivity contribution in [3.8, 4) is 0 Å². The highest BCUT2D eigenvalue weighted by Crippen LogP contribution is 2.40. The van der Waals surface area contributed by atoms with Crippen LogP contribution in [0.15, 0.2) is 36.4 Å². The van der Waals surface area contributed by atoms with Crippen molar-refractivity contribution in [2.75, 3.05) is 24.5 Å². The minimum absolute atomic E-state index is 0.136. The summed E-state index contributed by atoms with van der Waals surface area (Å²) in [6.45, 7) is 4.73. The normalized spacial score (nSPS) is 25.6. The monoisotopic (exact) mass is 508 g/mol. The van der Waals surface area contributed by atoms with Crippen molar-refractivity contribution in [3.05, 3.63) is 64.5 Å². The van der Waals surface area contributed by atoms with Crippen LogP contribution in [0.3, 0.4) is 0 Å². The van der Waals surface area contributed by atoms with E-state index in [4.69, 9.17) is 12.6 Å². The number of piperidine rings is 2. The zero-order chi connectivity index (χ0) is 24.8. The predicted octanol–water partition coefficient (Wildman–Crippen LogP) is 3.79. The summed E-state index contributed by atoms with van der Waals surface area (Å²) in [6.07, 6.45) is 5.21. The molecule has 0 spiro atoms. The molecule has 36 heavy (non-hydrogen) atoms. The van der Waals surface area contributed by atoms with E-state index in [1.807, 2.05) is 6.07 Å².